The van der Waals surface area contributed by atoms with Gasteiger partial charge in [-0.3, -0.25) is 0 Å². The van der Waals surface area contributed by atoms with Gasteiger partial charge in [0.25, 0.3) is 0 Å². The predicted octanol–water partition coefficient (Wildman–Crippen LogP) is -0.188. The summed E-state index contributed by atoms with van der Waals surface area (Å²) >= 11 is 0. The van der Waals surface area contributed by atoms with Crippen molar-refractivity contribution in [3.63, 3.8) is 0 Å². The average Bonchev–Trinajstić information content (AvgIpc) is 1.72. The first-order chi connectivity index (χ1) is 3.00. The van der Waals surface area contributed by atoms with Crippen LogP contribution in [0, 0.1) is 0 Å². The Morgan fingerprint density at radius 1 is 0.857 bits per heavy atom. The van der Waals surface area contributed by atoms with Gasteiger partial charge in [-0.15, -0.1) is 0 Å². The molecular weight excluding hydrogens is 120 g/mol. The minimum atomic E-state index is 0. The van der Waals surface area contributed by atoms with Gasteiger partial charge in [0, 0.05) is 0 Å². The third-order valence-electron chi connectivity index (χ3n) is 0.789. The third-order valence-corrected chi connectivity index (χ3v) is 0.789. The average molecular weight is 130 g/mol. The first-order valence-electron chi connectivity index (χ1n) is 2.24. The summed E-state index contributed by atoms with van der Waals surface area (Å²) in [5, 5.41) is 0. The van der Waals surface area contributed by atoms with Crippen molar-refractivity contribution in [3.8, 4) is 0 Å². The normalized spacial score (nSPS) is 20.6. The van der Waals surface area contributed by atoms with Crippen molar-refractivity contribution in [1.29, 1.82) is 0 Å². The van der Waals surface area contributed by atoms with E-state index < -0.39 is 0 Å². The summed E-state index contributed by atoms with van der Waals surface area (Å²) in [6.07, 6.45) is 2.31. The van der Waals surface area contributed by atoms with Crippen LogP contribution in [0.1, 0.15) is 12.8 Å². The second-order valence-corrected chi connectivity index (χ2v) is 1.35. The van der Waals surface area contributed by atoms with Crippen LogP contribution in [-0.2, 0) is 9.78 Å². The molecule has 0 saturated carbocycles. The van der Waals surface area contributed by atoms with Crippen molar-refractivity contribution in [3.05, 3.63) is 0 Å². The van der Waals surface area contributed by atoms with Gasteiger partial charge in [0.2, 0.25) is 0 Å². The topological polar surface area (TPSA) is 18.5 Å². The van der Waals surface area contributed by atoms with E-state index in [-0.39, 0.29) is 37.7 Å². The van der Waals surface area contributed by atoms with Crippen molar-refractivity contribution in [1.82, 2.24) is 0 Å². The molecule has 0 atom stereocenters. The first-order valence-corrected chi connectivity index (χ1v) is 2.24. The van der Waals surface area contributed by atoms with Crippen LogP contribution >= 0.6 is 0 Å². The Morgan fingerprint density at radius 2 is 1.29 bits per heavy atom. The van der Waals surface area contributed by atoms with Crippen LogP contribution in [0.2, 0.25) is 0 Å². The van der Waals surface area contributed by atoms with Gasteiger partial charge in [0.15, 0.2) is 0 Å². The summed E-state index contributed by atoms with van der Waals surface area (Å²) in [5.74, 6) is 0. The fourth-order valence-corrected chi connectivity index (χ4v) is 0.440. The molecular formula is C4H10CaO2. The van der Waals surface area contributed by atoms with Gasteiger partial charge in [0.05, 0.1) is 13.2 Å². The molecule has 7 heavy (non-hydrogen) atoms. The van der Waals surface area contributed by atoms with Crippen molar-refractivity contribution in [2.45, 2.75) is 12.8 Å². The second-order valence-electron chi connectivity index (χ2n) is 1.35. The Balaban J connectivity index is 0.000000360. The van der Waals surface area contributed by atoms with Gasteiger partial charge >= 0.3 is 37.7 Å². The van der Waals surface area contributed by atoms with Gasteiger partial charge in [-0.1, -0.05) is 0 Å². The molecule has 40 valence electrons. The fourth-order valence-electron chi connectivity index (χ4n) is 0.440. The van der Waals surface area contributed by atoms with E-state index in [1.54, 1.807) is 0 Å². The zero-order valence-corrected chi connectivity index (χ0v) is 3.64. The zero-order valence-electron chi connectivity index (χ0n) is 3.64. The summed E-state index contributed by atoms with van der Waals surface area (Å²) < 4.78 is 0. The fraction of sp³-hybridized carbons (Fsp3) is 1.00. The molecule has 0 N–H and O–H groups in total. The molecule has 1 heterocycles. The van der Waals surface area contributed by atoms with Gasteiger partial charge in [-0.25, -0.2) is 9.78 Å². The summed E-state index contributed by atoms with van der Waals surface area (Å²) in [7, 11) is 0. The van der Waals surface area contributed by atoms with Crippen LogP contribution in [0.3, 0.4) is 0 Å². The molecule has 0 spiro atoms. The van der Waals surface area contributed by atoms with Crippen LogP contribution in [0.5, 0.6) is 0 Å². The molecule has 0 unspecified atom stereocenters. The Labute approximate surface area is 73.1 Å². The molecule has 0 aromatic carbocycles. The monoisotopic (exact) mass is 130 g/mol. The summed E-state index contributed by atoms with van der Waals surface area (Å²) in [6, 6.07) is 0. The quantitative estimate of drug-likeness (QED) is 0.334. The molecule has 1 aliphatic heterocycles. The van der Waals surface area contributed by atoms with E-state index in [1.807, 2.05) is 0 Å². The van der Waals surface area contributed by atoms with E-state index in [0.717, 1.165) is 26.1 Å². The van der Waals surface area contributed by atoms with Crippen molar-refractivity contribution < 1.29 is 9.78 Å². The van der Waals surface area contributed by atoms with E-state index in [1.165, 1.54) is 0 Å². The van der Waals surface area contributed by atoms with Crippen LogP contribution in [0.25, 0.3) is 0 Å². The van der Waals surface area contributed by atoms with Gasteiger partial charge in [0.1, 0.15) is 0 Å². The van der Waals surface area contributed by atoms with E-state index in [4.69, 9.17) is 0 Å². The summed E-state index contributed by atoms with van der Waals surface area (Å²) in [6.45, 7) is 1.56. The van der Waals surface area contributed by atoms with Crippen LogP contribution in [-0.4, -0.2) is 51.0 Å². The molecule has 1 saturated heterocycles. The van der Waals surface area contributed by atoms with Gasteiger partial charge < -0.3 is 0 Å². The maximum atomic E-state index is 4.57. The summed E-state index contributed by atoms with van der Waals surface area (Å²) in [5.41, 5.74) is 0. The Bertz CT molecular complexity index is 25.2. The van der Waals surface area contributed by atoms with Crippen molar-refractivity contribution in [2.24, 2.45) is 0 Å². The molecule has 0 radical (unpaired) electrons. The molecule has 1 fully saturated rings. The minimum absolute atomic E-state index is 0. The molecule has 2 nitrogen and oxygen atoms in total. The van der Waals surface area contributed by atoms with E-state index in [0.29, 0.717) is 0 Å². The molecule has 1 rings (SSSR count). The van der Waals surface area contributed by atoms with E-state index in [2.05, 4.69) is 9.78 Å². The van der Waals surface area contributed by atoms with Gasteiger partial charge in [-0.05, 0) is 12.8 Å². The van der Waals surface area contributed by atoms with E-state index in [9.17, 15) is 0 Å². The van der Waals surface area contributed by atoms with E-state index >= 15 is 0 Å². The molecule has 0 amide bonds. The van der Waals surface area contributed by atoms with Crippen molar-refractivity contribution in [2.75, 3.05) is 13.2 Å². The Morgan fingerprint density at radius 3 is 1.43 bits per heavy atom. The van der Waals surface area contributed by atoms with Crippen LogP contribution in [0.15, 0.2) is 0 Å². The third kappa shape index (κ3) is 3.74. The molecule has 1 aliphatic rings. The maximum absolute atomic E-state index is 4.57. The van der Waals surface area contributed by atoms with Crippen molar-refractivity contribution >= 4 is 37.7 Å². The van der Waals surface area contributed by atoms with Crippen LogP contribution < -0.4 is 0 Å². The Hall–Kier alpha value is 1.18. The second kappa shape index (κ2) is 5.32. The molecule has 0 bridgehead atoms. The standard InChI is InChI=1S/C4H8O2.Ca.2H/c1-2-4-6-5-3-1;;;/h1-4H2;;;. The van der Waals surface area contributed by atoms with Gasteiger partial charge in [-0.2, -0.15) is 0 Å². The molecule has 0 aromatic rings. The SMILES string of the molecule is C1CCOOC1.[CaH2]. The number of hydrogen-bond acceptors (Lipinski definition) is 2. The first kappa shape index (κ1) is 8.18. The molecule has 3 heteroatoms. The Kier molecular flexibility index (Phi) is 6.22. The predicted molar refractivity (Wildman–Crippen MR) is 29.7 cm³/mol. The number of rotatable bonds is 0. The number of hydrogen-bond donors (Lipinski definition) is 0. The molecule has 0 aromatic heterocycles. The summed E-state index contributed by atoms with van der Waals surface area (Å²) in [4.78, 5) is 9.14. The zero-order chi connectivity index (χ0) is 4.24. The molecule has 0 aliphatic carbocycles. The van der Waals surface area contributed by atoms with Crippen LogP contribution in [0.4, 0.5) is 0 Å².